The summed E-state index contributed by atoms with van der Waals surface area (Å²) in [6.07, 6.45) is 3.72. The smallest absolute Gasteiger partial charge is 0.272 e. The minimum absolute atomic E-state index is 0.0370. The first-order chi connectivity index (χ1) is 8.20. The molecule has 0 unspecified atom stereocenters. The lowest BCUT2D eigenvalue weighted by molar-refractivity contribution is 0.0696. The molecule has 4 nitrogen and oxygen atoms in total. The van der Waals surface area contributed by atoms with Crippen molar-refractivity contribution >= 4 is 5.91 Å². The number of hydrogen-bond acceptors (Lipinski definition) is 3. The average molecular weight is 233 g/mol. The number of nitrogens with zero attached hydrogens (tertiary/aromatic N) is 2. The Balaban J connectivity index is 2.11. The van der Waals surface area contributed by atoms with Crippen LogP contribution in [0.4, 0.5) is 0 Å². The van der Waals surface area contributed by atoms with Crippen LogP contribution in [0.1, 0.15) is 28.9 Å². The molecular formula is C13H19N3O. The molecule has 1 N–H and O–H groups in total. The standard InChI is InChI=1S/C13H19N3O/c1-10-4-3-7-15-12(10)13(17)16(2)11-5-8-14-9-6-11/h3-4,7,11,14H,5-6,8-9H2,1-2H3. The number of aromatic nitrogens is 1. The molecule has 0 bridgehead atoms. The number of nitrogens with one attached hydrogen (secondary N) is 1. The Labute approximate surface area is 102 Å². The summed E-state index contributed by atoms with van der Waals surface area (Å²) < 4.78 is 0. The van der Waals surface area contributed by atoms with Gasteiger partial charge < -0.3 is 10.2 Å². The molecule has 0 aliphatic carbocycles. The second-order valence-corrected chi connectivity index (χ2v) is 4.57. The van der Waals surface area contributed by atoms with Gasteiger partial charge in [0.1, 0.15) is 5.69 Å². The normalized spacial score (nSPS) is 16.8. The largest absolute Gasteiger partial charge is 0.337 e. The number of hydrogen-bond donors (Lipinski definition) is 1. The highest BCUT2D eigenvalue weighted by Crippen LogP contribution is 2.14. The molecule has 0 spiro atoms. The van der Waals surface area contributed by atoms with Crippen molar-refractivity contribution in [2.75, 3.05) is 20.1 Å². The zero-order chi connectivity index (χ0) is 12.3. The summed E-state index contributed by atoms with van der Waals surface area (Å²) in [5, 5.41) is 3.31. The molecule has 2 heterocycles. The van der Waals surface area contributed by atoms with Crippen LogP contribution >= 0.6 is 0 Å². The Morgan fingerprint density at radius 1 is 1.47 bits per heavy atom. The van der Waals surface area contributed by atoms with Crippen molar-refractivity contribution < 1.29 is 4.79 Å². The molecule has 2 rings (SSSR count). The topological polar surface area (TPSA) is 45.2 Å². The van der Waals surface area contributed by atoms with E-state index >= 15 is 0 Å². The Morgan fingerprint density at radius 2 is 2.18 bits per heavy atom. The van der Waals surface area contributed by atoms with Crippen molar-refractivity contribution in [3.8, 4) is 0 Å². The van der Waals surface area contributed by atoms with E-state index in [1.165, 1.54) is 0 Å². The number of rotatable bonds is 2. The molecule has 17 heavy (non-hydrogen) atoms. The molecule has 1 saturated heterocycles. The van der Waals surface area contributed by atoms with Gasteiger partial charge in [-0.25, -0.2) is 0 Å². The van der Waals surface area contributed by atoms with E-state index in [4.69, 9.17) is 0 Å². The van der Waals surface area contributed by atoms with Gasteiger partial charge in [-0.05, 0) is 44.5 Å². The summed E-state index contributed by atoms with van der Waals surface area (Å²) in [7, 11) is 1.88. The van der Waals surface area contributed by atoms with E-state index in [2.05, 4.69) is 10.3 Å². The fourth-order valence-corrected chi connectivity index (χ4v) is 2.24. The number of pyridine rings is 1. The van der Waals surface area contributed by atoms with Crippen molar-refractivity contribution in [3.63, 3.8) is 0 Å². The van der Waals surface area contributed by atoms with Gasteiger partial charge in [-0.3, -0.25) is 9.78 Å². The Bertz CT molecular complexity index is 399. The van der Waals surface area contributed by atoms with Crippen LogP contribution in [0.5, 0.6) is 0 Å². The van der Waals surface area contributed by atoms with Crippen LogP contribution in [-0.2, 0) is 0 Å². The van der Waals surface area contributed by atoms with Crippen LogP contribution in [0, 0.1) is 6.92 Å². The summed E-state index contributed by atoms with van der Waals surface area (Å²) in [6.45, 7) is 3.91. The van der Waals surface area contributed by atoms with Gasteiger partial charge in [0.05, 0.1) is 0 Å². The molecule has 1 aliphatic heterocycles. The van der Waals surface area contributed by atoms with Crippen molar-refractivity contribution in [1.29, 1.82) is 0 Å². The van der Waals surface area contributed by atoms with Crippen LogP contribution in [-0.4, -0.2) is 42.0 Å². The van der Waals surface area contributed by atoms with Crippen LogP contribution in [0.25, 0.3) is 0 Å². The summed E-state index contributed by atoms with van der Waals surface area (Å²) in [6, 6.07) is 4.12. The van der Waals surface area contributed by atoms with E-state index in [0.29, 0.717) is 11.7 Å². The van der Waals surface area contributed by atoms with Gasteiger partial charge in [0.15, 0.2) is 0 Å². The monoisotopic (exact) mass is 233 g/mol. The third kappa shape index (κ3) is 2.64. The van der Waals surface area contributed by atoms with E-state index in [0.717, 1.165) is 31.5 Å². The lowest BCUT2D eigenvalue weighted by Crippen LogP contribution is -2.44. The molecule has 1 amide bonds. The molecule has 4 heteroatoms. The van der Waals surface area contributed by atoms with Crippen LogP contribution in [0.15, 0.2) is 18.3 Å². The quantitative estimate of drug-likeness (QED) is 0.835. The predicted octanol–water partition coefficient (Wildman–Crippen LogP) is 1.21. The first kappa shape index (κ1) is 12.0. The van der Waals surface area contributed by atoms with Gasteiger partial charge in [-0.2, -0.15) is 0 Å². The fraction of sp³-hybridized carbons (Fsp3) is 0.538. The van der Waals surface area contributed by atoms with Crippen LogP contribution < -0.4 is 5.32 Å². The van der Waals surface area contributed by atoms with Gasteiger partial charge in [-0.1, -0.05) is 6.07 Å². The lowest BCUT2D eigenvalue weighted by atomic mass is 10.0. The van der Waals surface area contributed by atoms with E-state index in [1.54, 1.807) is 6.20 Å². The molecule has 1 aliphatic rings. The minimum Gasteiger partial charge on any atom is -0.337 e. The molecule has 92 valence electrons. The predicted molar refractivity (Wildman–Crippen MR) is 67.0 cm³/mol. The number of aryl methyl sites for hydroxylation is 1. The SMILES string of the molecule is Cc1cccnc1C(=O)N(C)C1CCNCC1. The van der Waals surface area contributed by atoms with Gasteiger partial charge in [0.25, 0.3) is 5.91 Å². The Hall–Kier alpha value is -1.42. The van der Waals surface area contributed by atoms with Crippen molar-refractivity contribution in [1.82, 2.24) is 15.2 Å². The maximum atomic E-state index is 12.3. The van der Waals surface area contributed by atoms with Gasteiger partial charge in [0.2, 0.25) is 0 Å². The highest BCUT2D eigenvalue weighted by atomic mass is 16.2. The number of piperidine rings is 1. The lowest BCUT2D eigenvalue weighted by Gasteiger charge is -2.31. The molecule has 1 aromatic rings. The number of carbonyl (C=O) groups is 1. The maximum absolute atomic E-state index is 12.3. The fourth-order valence-electron chi connectivity index (χ4n) is 2.24. The van der Waals surface area contributed by atoms with Crippen LogP contribution in [0.3, 0.4) is 0 Å². The second-order valence-electron chi connectivity index (χ2n) is 4.57. The van der Waals surface area contributed by atoms with Crippen molar-refractivity contribution in [2.45, 2.75) is 25.8 Å². The van der Waals surface area contributed by atoms with Gasteiger partial charge in [-0.15, -0.1) is 0 Å². The molecule has 1 aromatic heterocycles. The Morgan fingerprint density at radius 3 is 2.82 bits per heavy atom. The van der Waals surface area contributed by atoms with E-state index in [1.807, 2.05) is 31.0 Å². The first-order valence-corrected chi connectivity index (χ1v) is 6.09. The highest BCUT2D eigenvalue weighted by Gasteiger charge is 2.24. The minimum atomic E-state index is 0.0370. The summed E-state index contributed by atoms with van der Waals surface area (Å²) in [5.41, 5.74) is 1.52. The van der Waals surface area contributed by atoms with E-state index in [-0.39, 0.29) is 5.91 Å². The summed E-state index contributed by atoms with van der Waals surface area (Å²) >= 11 is 0. The van der Waals surface area contributed by atoms with E-state index < -0.39 is 0 Å². The molecule has 0 atom stereocenters. The van der Waals surface area contributed by atoms with Gasteiger partial charge in [0, 0.05) is 19.3 Å². The van der Waals surface area contributed by atoms with Crippen LogP contribution in [0.2, 0.25) is 0 Å². The molecule has 0 saturated carbocycles. The first-order valence-electron chi connectivity index (χ1n) is 6.09. The zero-order valence-corrected chi connectivity index (χ0v) is 10.4. The highest BCUT2D eigenvalue weighted by molar-refractivity contribution is 5.93. The molecule has 1 fully saturated rings. The second kappa shape index (κ2) is 5.27. The Kier molecular flexibility index (Phi) is 3.74. The third-order valence-corrected chi connectivity index (χ3v) is 3.39. The summed E-state index contributed by atoms with van der Waals surface area (Å²) in [4.78, 5) is 18.3. The van der Waals surface area contributed by atoms with Gasteiger partial charge >= 0.3 is 0 Å². The van der Waals surface area contributed by atoms with E-state index in [9.17, 15) is 4.79 Å². The average Bonchev–Trinajstić information content (AvgIpc) is 2.39. The molecular weight excluding hydrogens is 214 g/mol. The molecule has 0 radical (unpaired) electrons. The summed E-state index contributed by atoms with van der Waals surface area (Å²) in [5.74, 6) is 0.0370. The maximum Gasteiger partial charge on any atom is 0.272 e. The van der Waals surface area contributed by atoms with Crippen molar-refractivity contribution in [3.05, 3.63) is 29.6 Å². The molecule has 0 aromatic carbocycles. The zero-order valence-electron chi connectivity index (χ0n) is 10.4. The number of carbonyl (C=O) groups excluding carboxylic acids is 1. The van der Waals surface area contributed by atoms with Crippen molar-refractivity contribution in [2.24, 2.45) is 0 Å². The third-order valence-electron chi connectivity index (χ3n) is 3.39. The number of amides is 1.